The molecule has 24 heavy (non-hydrogen) atoms. The zero-order valence-electron chi connectivity index (χ0n) is 13.5. The van der Waals surface area contributed by atoms with Gasteiger partial charge in [-0.2, -0.15) is 0 Å². The molecule has 2 amide bonds. The van der Waals surface area contributed by atoms with Gasteiger partial charge in [0.15, 0.2) is 0 Å². The molecule has 1 N–H and O–H groups in total. The highest BCUT2D eigenvalue weighted by Crippen LogP contribution is 2.19. The van der Waals surface area contributed by atoms with Crippen LogP contribution in [0.3, 0.4) is 0 Å². The molecule has 0 aliphatic carbocycles. The quantitative estimate of drug-likeness (QED) is 0.860. The Morgan fingerprint density at radius 1 is 1.12 bits per heavy atom. The number of aryl methyl sites for hydroxylation is 1. The Morgan fingerprint density at radius 2 is 1.83 bits per heavy atom. The average molecular weight is 326 g/mol. The highest BCUT2D eigenvalue weighted by Gasteiger charge is 2.38. The number of carbonyl (C=O) groups excluding carboxylic acids is 2. The fourth-order valence-corrected chi connectivity index (χ4v) is 2.82. The third-order valence-electron chi connectivity index (χ3n) is 4.20. The second kappa shape index (κ2) is 6.83. The van der Waals surface area contributed by atoms with Gasteiger partial charge in [0.25, 0.3) is 5.91 Å². The molecule has 0 aromatic heterocycles. The van der Waals surface area contributed by atoms with Gasteiger partial charge in [-0.15, -0.1) is 0 Å². The second-order valence-electron chi connectivity index (χ2n) is 5.99. The zero-order valence-corrected chi connectivity index (χ0v) is 13.5. The number of nitrogens with one attached hydrogen (secondary N) is 1. The van der Waals surface area contributed by atoms with Crippen LogP contribution < -0.4 is 5.32 Å². The lowest BCUT2D eigenvalue weighted by atomic mass is 10.1. The van der Waals surface area contributed by atoms with E-state index in [1.54, 1.807) is 18.2 Å². The molecule has 1 saturated heterocycles. The summed E-state index contributed by atoms with van der Waals surface area (Å²) in [5, 5.41) is 3.10. The highest BCUT2D eigenvalue weighted by atomic mass is 19.1. The minimum Gasteiger partial charge on any atom is -0.373 e. The van der Waals surface area contributed by atoms with Gasteiger partial charge >= 0.3 is 0 Å². The number of benzene rings is 2. The first-order valence-corrected chi connectivity index (χ1v) is 7.95. The van der Waals surface area contributed by atoms with Crippen LogP contribution in [-0.4, -0.2) is 29.3 Å². The Morgan fingerprint density at radius 3 is 2.54 bits per heavy atom. The number of hydrogen-bond acceptors (Lipinski definition) is 3. The Labute approximate surface area is 140 Å². The average Bonchev–Trinajstić information content (AvgIpc) is 2.83. The van der Waals surface area contributed by atoms with E-state index in [9.17, 15) is 14.0 Å². The van der Waals surface area contributed by atoms with E-state index in [0.29, 0.717) is 12.0 Å². The van der Waals surface area contributed by atoms with Gasteiger partial charge in [0.2, 0.25) is 5.91 Å². The number of hydrogen-bond donors (Lipinski definition) is 1. The van der Waals surface area contributed by atoms with Gasteiger partial charge in [0, 0.05) is 12.2 Å². The molecule has 0 bridgehead atoms. The van der Waals surface area contributed by atoms with Crippen LogP contribution in [0.15, 0.2) is 48.5 Å². The lowest BCUT2D eigenvalue weighted by Gasteiger charge is -2.16. The van der Waals surface area contributed by atoms with E-state index in [1.807, 2.05) is 31.2 Å². The van der Waals surface area contributed by atoms with Crippen molar-refractivity contribution in [2.75, 3.05) is 11.9 Å². The molecule has 2 aromatic carbocycles. The maximum atomic E-state index is 13.7. The molecule has 5 heteroatoms. The number of imide groups is 1. The summed E-state index contributed by atoms with van der Waals surface area (Å²) >= 11 is 0. The third kappa shape index (κ3) is 3.45. The van der Waals surface area contributed by atoms with Crippen molar-refractivity contribution >= 4 is 17.5 Å². The van der Waals surface area contributed by atoms with Gasteiger partial charge in [-0.25, -0.2) is 4.39 Å². The fraction of sp³-hybridized carbons (Fsp3) is 0.263. The van der Waals surface area contributed by atoms with Crippen molar-refractivity contribution in [3.8, 4) is 0 Å². The topological polar surface area (TPSA) is 49.4 Å². The summed E-state index contributed by atoms with van der Waals surface area (Å²) in [5.74, 6) is -0.788. The number of carbonyl (C=O) groups is 2. The van der Waals surface area contributed by atoms with E-state index in [0.717, 1.165) is 11.3 Å². The Bertz CT molecular complexity index is 758. The van der Waals surface area contributed by atoms with E-state index in [1.165, 1.54) is 11.0 Å². The van der Waals surface area contributed by atoms with E-state index < -0.39 is 6.04 Å². The van der Waals surface area contributed by atoms with Gasteiger partial charge in [-0.05, 0) is 37.1 Å². The summed E-state index contributed by atoms with van der Waals surface area (Å²) < 4.78 is 13.7. The first-order valence-electron chi connectivity index (χ1n) is 7.95. The largest absolute Gasteiger partial charge is 0.373 e. The molecule has 0 saturated carbocycles. The third-order valence-corrected chi connectivity index (χ3v) is 4.20. The van der Waals surface area contributed by atoms with Gasteiger partial charge < -0.3 is 5.32 Å². The molecule has 1 heterocycles. The lowest BCUT2D eigenvalue weighted by molar-refractivity contribution is -0.138. The minimum atomic E-state index is -0.555. The molecule has 0 spiro atoms. The molecule has 4 nitrogen and oxygen atoms in total. The number of nitrogens with zero attached hydrogens (tertiary/aromatic N) is 1. The van der Waals surface area contributed by atoms with Crippen LogP contribution in [-0.2, 0) is 16.0 Å². The summed E-state index contributed by atoms with van der Waals surface area (Å²) in [6.07, 6.45) is 0.450. The predicted molar refractivity (Wildman–Crippen MR) is 90.0 cm³/mol. The molecule has 1 aliphatic rings. The van der Waals surface area contributed by atoms with E-state index in [2.05, 4.69) is 5.32 Å². The number of halogens is 1. The molecule has 1 fully saturated rings. The lowest BCUT2D eigenvalue weighted by Crippen LogP contribution is -2.36. The van der Waals surface area contributed by atoms with Crippen LogP contribution in [0.4, 0.5) is 10.1 Å². The van der Waals surface area contributed by atoms with Gasteiger partial charge in [-0.1, -0.05) is 35.9 Å². The molecular weight excluding hydrogens is 307 g/mol. The maximum Gasteiger partial charge on any atom is 0.252 e. The van der Waals surface area contributed by atoms with Crippen molar-refractivity contribution in [3.63, 3.8) is 0 Å². The predicted octanol–water partition coefficient (Wildman–Crippen LogP) is 2.92. The van der Waals surface area contributed by atoms with E-state index in [-0.39, 0.29) is 30.6 Å². The van der Waals surface area contributed by atoms with Crippen molar-refractivity contribution < 1.29 is 14.0 Å². The smallest absolute Gasteiger partial charge is 0.252 e. The molecule has 3 rings (SSSR count). The molecule has 0 radical (unpaired) electrons. The monoisotopic (exact) mass is 326 g/mol. The van der Waals surface area contributed by atoms with E-state index in [4.69, 9.17) is 0 Å². The van der Waals surface area contributed by atoms with Crippen LogP contribution in [0.1, 0.15) is 17.5 Å². The summed E-state index contributed by atoms with van der Waals surface area (Å²) in [5.41, 5.74) is 2.44. The summed E-state index contributed by atoms with van der Waals surface area (Å²) in [6, 6.07) is 13.5. The van der Waals surface area contributed by atoms with Crippen molar-refractivity contribution in [1.29, 1.82) is 0 Å². The first kappa shape index (κ1) is 16.2. The van der Waals surface area contributed by atoms with Gasteiger partial charge in [-0.3, -0.25) is 14.5 Å². The number of rotatable bonds is 5. The molecule has 1 aliphatic heterocycles. The van der Waals surface area contributed by atoms with Crippen molar-refractivity contribution in [2.24, 2.45) is 0 Å². The SMILES string of the molecule is Cc1ccc(N[C@@H]2CC(=O)N(CCc3ccccc3F)C2=O)cc1. The Kier molecular flexibility index (Phi) is 4.60. The number of amides is 2. The molecule has 124 valence electrons. The summed E-state index contributed by atoms with van der Waals surface area (Å²) in [7, 11) is 0. The van der Waals surface area contributed by atoms with Crippen LogP contribution in [0, 0.1) is 12.7 Å². The van der Waals surface area contributed by atoms with Gasteiger partial charge in [0.05, 0.1) is 6.42 Å². The van der Waals surface area contributed by atoms with E-state index >= 15 is 0 Å². The normalized spacial score (nSPS) is 17.4. The first-order chi connectivity index (χ1) is 11.5. The number of anilines is 1. The maximum absolute atomic E-state index is 13.7. The van der Waals surface area contributed by atoms with Crippen molar-refractivity contribution in [2.45, 2.75) is 25.8 Å². The fourth-order valence-electron chi connectivity index (χ4n) is 2.82. The molecular formula is C19H19FN2O2. The van der Waals surface area contributed by atoms with Gasteiger partial charge in [0.1, 0.15) is 11.9 Å². The molecule has 2 aromatic rings. The van der Waals surface area contributed by atoms with Crippen LogP contribution in [0.2, 0.25) is 0 Å². The molecule has 0 unspecified atom stereocenters. The Balaban J connectivity index is 1.63. The van der Waals surface area contributed by atoms with Crippen LogP contribution in [0.25, 0.3) is 0 Å². The Hall–Kier alpha value is -2.69. The summed E-state index contributed by atoms with van der Waals surface area (Å²) in [6.45, 7) is 2.18. The summed E-state index contributed by atoms with van der Waals surface area (Å²) in [4.78, 5) is 25.8. The highest BCUT2D eigenvalue weighted by molar-refractivity contribution is 6.06. The van der Waals surface area contributed by atoms with Crippen molar-refractivity contribution in [1.82, 2.24) is 4.90 Å². The van der Waals surface area contributed by atoms with Crippen molar-refractivity contribution in [3.05, 3.63) is 65.5 Å². The number of likely N-dealkylation sites (tertiary alicyclic amines) is 1. The minimum absolute atomic E-state index is 0.129. The zero-order chi connectivity index (χ0) is 17.1. The van der Waals surface area contributed by atoms with Crippen LogP contribution in [0.5, 0.6) is 0 Å². The molecule has 1 atom stereocenters. The second-order valence-corrected chi connectivity index (χ2v) is 5.99. The standard InChI is InChI=1S/C19H19FN2O2/c1-13-6-8-15(9-7-13)21-17-12-18(23)22(19(17)24)11-10-14-4-2-3-5-16(14)20/h2-9,17,21H,10-12H2,1H3/t17-/m1/s1. The van der Waals surface area contributed by atoms with Crippen LogP contribution >= 0.6 is 0 Å².